The van der Waals surface area contributed by atoms with Gasteiger partial charge in [0.05, 0.1) is 10.7 Å². The molecule has 0 radical (unpaired) electrons. The summed E-state index contributed by atoms with van der Waals surface area (Å²) >= 11 is 9.38. The molecule has 0 aliphatic carbocycles. The SMILES string of the molecule is Cl.N[C@@H]1CCCN(C(=O)Nc2ccc(Br)cc2Cl)C1. The Kier molecular flexibility index (Phi) is 6.39. The third-order valence-corrected chi connectivity index (χ3v) is 3.72. The van der Waals surface area contributed by atoms with Crippen molar-refractivity contribution in [1.29, 1.82) is 0 Å². The maximum absolute atomic E-state index is 12.0. The zero-order valence-corrected chi connectivity index (χ0v) is 13.4. The Morgan fingerprint density at radius 1 is 1.53 bits per heavy atom. The molecule has 1 atom stereocenters. The molecule has 0 unspecified atom stereocenters. The van der Waals surface area contributed by atoms with Crippen LogP contribution in [0.25, 0.3) is 0 Å². The van der Waals surface area contributed by atoms with Crippen LogP contribution in [0.15, 0.2) is 22.7 Å². The Bertz CT molecular complexity index is 459. The molecule has 4 nitrogen and oxygen atoms in total. The Hall–Kier alpha value is -0.490. The van der Waals surface area contributed by atoms with Crippen molar-refractivity contribution in [1.82, 2.24) is 4.90 Å². The molecule has 1 aromatic rings. The van der Waals surface area contributed by atoms with Crippen molar-refractivity contribution in [3.8, 4) is 0 Å². The number of carbonyl (C=O) groups is 1. The molecule has 7 heteroatoms. The first-order chi connectivity index (χ1) is 8.56. The van der Waals surface area contributed by atoms with Gasteiger partial charge in [0.25, 0.3) is 0 Å². The number of nitrogens with two attached hydrogens (primary N) is 1. The number of anilines is 1. The van der Waals surface area contributed by atoms with E-state index in [1.165, 1.54) is 0 Å². The van der Waals surface area contributed by atoms with Crippen molar-refractivity contribution in [2.24, 2.45) is 5.73 Å². The van der Waals surface area contributed by atoms with Crippen molar-refractivity contribution >= 4 is 51.7 Å². The summed E-state index contributed by atoms with van der Waals surface area (Å²) in [6.07, 6.45) is 1.92. The fraction of sp³-hybridized carbons (Fsp3) is 0.417. The Morgan fingerprint density at radius 3 is 2.89 bits per heavy atom. The van der Waals surface area contributed by atoms with Crippen LogP contribution in [0, 0.1) is 0 Å². The summed E-state index contributed by atoms with van der Waals surface area (Å²) in [6.45, 7) is 1.34. The van der Waals surface area contributed by atoms with Crippen molar-refractivity contribution < 1.29 is 4.79 Å². The maximum atomic E-state index is 12.0. The molecule has 19 heavy (non-hydrogen) atoms. The smallest absolute Gasteiger partial charge is 0.321 e. The first kappa shape index (κ1) is 16.6. The molecule has 0 spiro atoms. The fourth-order valence-corrected chi connectivity index (χ4v) is 2.70. The molecule has 1 heterocycles. The van der Waals surface area contributed by atoms with Gasteiger partial charge < -0.3 is 16.0 Å². The summed E-state index contributed by atoms with van der Waals surface area (Å²) in [6, 6.07) is 5.29. The predicted molar refractivity (Wildman–Crippen MR) is 84.2 cm³/mol. The zero-order valence-electron chi connectivity index (χ0n) is 10.2. The monoisotopic (exact) mass is 367 g/mol. The van der Waals surface area contributed by atoms with Crippen molar-refractivity contribution in [2.45, 2.75) is 18.9 Å². The highest BCUT2D eigenvalue weighted by atomic mass is 79.9. The van der Waals surface area contributed by atoms with E-state index in [0.29, 0.717) is 17.3 Å². The average molecular weight is 369 g/mol. The number of halogens is 3. The molecule has 2 rings (SSSR count). The van der Waals surface area contributed by atoms with Crippen LogP contribution in [-0.2, 0) is 0 Å². The number of urea groups is 1. The van der Waals surface area contributed by atoms with Gasteiger partial charge >= 0.3 is 6.03 Å². The van der Waals surface area contributed by atoms with E-state index in [2.05, 4.69) is 21.2 Å². The highest BCUT2D eigenvalue weighted by Gasteiger charge is 2.21. The quantitative estimate of drug-likeness (QED) is 0.797. The lowest BCUT2D eigenvalue weighted by atomic mass is 10.1. The summed E-state index contributed by atoms with van der Waals surface area (Å²) in [7, 11) is 0. The van der Waals surface area contributed by atoms with E-state index in [0.717, 1.165) is 23.9 Å². The lowest BCUT2D eigenvalue weighted by Gasteiger charge is -2.30. The molecule has 1 aromatic carbocycles. The van der Waals surface area contributed by atoms with E-state index in [4.69, 9.17) is 17.3 Å². The number of nitrogens with one attached hydrogen (secondary N) is 1. The maximum Gasteiger partial charge on any atom is 0.321 e. The van der Waals surface area contributed by atoms with E-state index in [-0.39, 0.29) is 24.5 Å². The van der Waals surface area contributed by atoms with Gasteiger partial charge in [0.1, 0.15) is 0 Å². The van der Waals surface area contributed by atoms with Crippen LogP contribution in [0.1, 0.15) is 12.8 Å². The number of hydrogen-bond donors (Lipinski definition) is 2. The number of rotatable bonds is 1. The van der Waals surface area contributed by atoms with Gasteiger partial charge in [0.2, 0.25) is 0 Å². The molecule has 0 aromatic heterocycles. The molecule has 2 amide bonds. The Balaban J connectivity index is 0.00000180. The second-order valence-corrected chi connectivity index (χ2v) is 5.73. The van der Waals surface area contributed by atoms with Gasteiger partial charge in [-0.25, -0.2) is 4.79 Å². The van der Waals surface area contributed by atoms with Gasteiger partial charge in [0, 0.05) is 23.6 Å². The van der Waals surface area contributed by atoms with E-state index in [1.807, 2.05) is 6.07 Å². The molecule has 1 saturated heterocycles. The van der Waals surface area contributed by atoms with Gasteiger partial charge in [-0.15, -0.1) is 12.4 Å². The zero-order chi connectivity index (χ0) is 13.1. The minimum atomic E-state index is -0.144. The summed E-state index contributed by atoms with van der Waals surface area (Å²) in [5.74, 6) is 0. The predicted octanol–water partition coefficient (Wildman–Crippen LogP) is 3.48. The van der Waals surface area contributed by atoms with Crippen LogP contribution in [0.5, 0.6) is 0 Å². The number of nitrogens with zero attached hydrogens (tertiary/aromatic N) is 1. The van der Waals surface area contributed by atoms with E-state index in [1.54, 1.807) is 17.0 Å². The number of hydrogen-bond acceptors (Lipinski definition) is 2. The minimum absolute atomic E-state index is 0. The molecular weight excluding hydrogens is 353 g/mol. The number of benzene rings is 1. The largest absolute Gasteiger partial charge is 0.326 e. The summed E-state index contributed by atoms with van der Waals surface area (Å²) < 4.78 is 0.880. The third-order valence-electron chi connectivity index (χ3n) is 2.92. The summed E-state index contributed by atoms with van der Waals surface area (Å²) in [4.78, 5) is 13.8. The van der Waals surface area contributed by atoms with Crippen LogP contribution in [0.4, 0.5) is 10.5 Å². The van der Waals surface area contributed by atoms with Crippen molar-refractivity contribution in [3.05, 3.63) is 27.7 Å². The third kappa shape index (κ3) is 4.53. The number of amides is 2. The molecule has 106 valence electrons. The van der Waals surface area contributed by atoms with Crippen molar-refractivity contribution in [2.75, 3.05) is 18.4 Å². The molecule has 1 aliphatic rings. The molecule has 0 saturated carbocycles. The van der Waals surface area contributed by atoms with E-state index < -0.39 is 0 Å². The topological polar surface area (TPSA) is 58.4 Å². The standard InChI is InChI=1S/C12H15BrClN3O.ClH/c13-8-3-4-11(10(14)6-8)16-12(18)17-5-1-2-9(15)7-17;/h3-4,6,9H,1-2,5,7,15H2,(H,16,18);1H/t9-;/m1./s1. The number of piperidine rings is 1. The highest BCUT2D eigenvalue weighted by molar-refractivity contribution is 9.10. The second kappa shape index (κ2) is 7.33. The summed E-state index contributed by atoms with van der Waals surface area (Å²) in [5, 5.41) is 3.32. The van der Waals surface area contributed by atoms with E-state index >= 15 is 0 Å². The lowest BCUT2D eigenvalue weighted by Crippen LogP contribution is -2.47. The second-order valence-electron chi connectivity index (χ2n) is 4.40. The van der Waals surface area contributed by atoms with Gasteiger partial charge in [0.15, 0.2) is 0 Å². The number of likely N-dealkylation sites (tertiary alicyclic amines) is 1. The Morgan fingerprint density at radius 2 is 2.26 bits per heavy atom. The minimum Gasteiger partial charge on any atom is -0.326 e. The van der Waals surface area contributed by atoms with Crippen LogP contribution in [0.2, 0.25) is 5.02 Å². The van der Waals surface area contributed by atoms with E-state index in [9.17, 15) is 4.79 Å². The highest BCUT2D eigenvalue weighted by Crippen LogP contribution is 2.26. The van der Waals surface area contributed by atoms with Crippen LogP contribution < -0.4 is 11.1 Å². The average Bonchev–Trinajstić information content (AvgIpc) is 2.32. The fourth-order valence-electron chi connectivity index (χ4n) is 1.98. The normalized spacial score (nSPS) is 18.7. The van der Waals surface area contributed by atoms with Crippen LogP contribution in [-0.4, -0.2) is 30.1 Å². The summed E-state index contributed by atoms with van der Waals surface area (Å²) in [5.41, 5.74) is 6.47. The van der Waals surface area contributed by atoms with Gasteiger partial charge in [-0.1, -0.05) is 27.5 Å². The Labute approximate surface area is 132 Å². The molecule has 1 aliphatic heterocycles. The van der Waals surface area contributed by atoms with Crippen LogP contribution in [0.3, 0.4) is 0 Å². The molecule has 3 N–H and O–H groups in total. The van der Waals surface area contributed by atoms with Gasteiger partial charge in [-0.3, -0.25) is 0 Å². The van der Waals surface area contributed by atoms with Gasteiger partial charge in [-0.05, 0) is 31.0 Å². The molecule has 0 bridgehead atoms. The van der Waals surface area contributed by atoms with Gasteiger partial charge in [-0.2, -0.15) is 0 Å². The molecule has 1 fully saturated rings. The van der Waals surface area contributed by atoms with Crippen molar-refractivity contribution in [3.63, 3.8) is 0 Å². The molecular formula is C12H16BrCl2N3O. The lowest BCUT2D eigenvalue weighted by molar-refractivity contribution is 0.193. The van der Waals surface area contributed by atoms with Crippen LogP contribution >= 0.6 is 39.9 Å². The first-order valence-corrected chi connectivity index (χ1v) is 7.00. The first-order valence-electron chi connectivity index (χ1n) is 5.83. The number of carbonyl (C=O) groups excluding carboxylic acids is 1.